The van der Waals surface area contributed by atoms with Gasteiger partial charge in [-0.3, -0.25) is 14.9 Å². The maximum atomic E-state index is 11.8. The number of imide groups is 1. The van der Waals surface area contributed by atoms with Crippen LogP contribution in [0.15, 0.2) is 24.3 Å². The van der Waals surface area contributed by atoms with Gasteiger partial charge in [0.05, 0.1) is 12.1 Å². The molecule has 124 valence electrons. The van der Waals surface area contributed by atoms with Gasteiger partial charge in [-0.25, -0.2) is 4.79 Å². The van der Waals surface area contributed by atoms with Crippen LogP contribution in [0.2, 0.25) is 0 Å². The lowest BCUT2D eigenvalue weighted by atomic mass is 10.1. The number of nitrogens with one attached hydrogen (secondary N) is 4. The molecule has 0 radical (unpaired) electrons. The quantitative estimate of drug-likeness (QED) is 0.656. The highest BCUT2D eigenvalue weighted by atomic mass is 16.2. The highest BCUT2D eigenvalue weighted by molar-refractivity contribution is 6.01. The maximum absolute atomic E-state index is 11.8. The molecule has 1 aliphatic carbocycles. The van der Waals surface area contributed by atoms with Crippen molar-refractivity contribution in [1.29, 1.82) is 0 Å². The van der Waals surface area contributed by atoms with E-state index in [4.69, 9.17) is 0 Å². The lowest BCUT2D eigenvalue weighted by Gasteiger charge is -2.13. The van der Waals surface area contributed by atoms with E-state index in [2.05, 4.69) is 21.3 Å². The maximum Gasteiger partial charge on any atom is 0.321 e. The van der Waals surface area contributed by atoms with Crippen molar-refractivity contribution in [2.75, 3.05) is 18.9 Å². The number of benzene rings is 1. The van der Waals surface area contributed by atoms with Crippen LogP contribution in [0.25, 0.3) is 0 Å². The van der Waals surface area contributed by atoms with E-state index >= 15 is 0 Å². The predicted molar refractivity (Wildman–Crippen MR) is 87.3 cm³/mol. The molecule has 0 aliphatic heterocycles. The van der Waals surface area contributed by atoms with Crippen molar-refractivity contribution in [1.82, 2.24) is 16.0 Å². The number of para-hydroxylation sites is 1. The van der Waals surface area contributed by atoms with Crippen LogP contribution in [0, 0.1) is 0 Å². The highest BCUT2D eigenvalue weighted by Crippen LogP contribution is 2.17. The average molecular weight is 318 g/mol. The zero-order valence-corrected chi connectivity index (χ0v) is 13.1. The fraction of sp³-hybridized carbons (Fsp3) is 0.438. The molecule has 2 rings (SSSR count). The molecule has 0 atom stereocenters. The third-order valence-corrected chi connectivity index (χ3v) is 3.78. The zero-order chi connectivity index (χ0) is 16.7. The van der Waals surface area contributed by atoms with E-state index in [0.29, 0.717) is 11.3 Å². The van der Waals surface area contributed by atoms with E-state index in [1.165, 1.54) is 0 Å². The van der Waals surface area contributed by atoms with E-state index in [-0.39, 0.29) is 18.5 Å². The first-order valence-electron chi connectivity index (χ1n) is 7.75. The lowest BCUT2D eigenvalue weighted by molar-refractivity contribution is -0.118. The van der Waals surface area contributed by atoms with Crippen molar-refractivity contribution in [2.24, 2.45) is 0 Å². The molecule has 1 aliphatic rings. The van der Waals surface area contributed by atoms with Crippen molar-refractivity contribution in [3.8, 4) is 0 Å². The van der Waals surface area contributed by atoms with Crippen LogP contribution in [-0.4, -0.2) is 37.5 Å². The molecule has 0 heterocycles. The van der Waals surface area contributed by atoms with Gasteiger partial charge in [0.1, 0.15) is 0 Å². The van der Waals surface area contributed by atoms with E-state index < -0.39 is 11.9 Å². The molecular weight excluding hydrogens is 296 g/mol. The second kappa shape index (κ2) is 8.17. The zero-order valence-electron chi connectivity index (χ0n) is 13.1. The summed E-state index contributed by atoms with van der Waals surface area (Å²) in [4.78, 5) is 35.3. The van der Waals surface area contributed by atoms with Crippen LogP contribution in [0.1, 0.15) is 36.0 Å². The summed E-state index contributed by atoms with van der Waals surface area (Å²) in [6.07, 6.45) is 4.13. The Morgan fingerprint density at radius 2 is 1.83 bits per heavy atom. The Hall–Kier alpha value is -2.57. The molecule has 7 heteroatoms. The van der Waals surface area contributed by atoms with Gasteiger partial charge in [0, 0.05) is 18.8 Å². The molecule has 7 nitrogen and oxygen atoms in total. The topological polar surface area (TPSA) is 99.3 Å². The predicted octanol–water partition coefficient (Wildman–Crippen LogP) is 1.23. The minimum absolute atomic E-state index is 0.0912. The number of carbonyl (C=O) groups is 3. The number of carbonyl (C=O) groups excluding carboxylic acids is 3. The first-order valence-corrected chi connectivity index (χ1v) is 7.75. The third-order valence-electron chi connectivity index (χ3n) is 3.78. The summed E-state index contributed by atoms with van der Waals surface area (Å²) in [5.74, 6) is -0.695. The summed E-state index contributed by atoms with van der Waals surface area (Å²) in [5, 5.41) is 10.5. The Labute approximate surface area is 135 Å². The van der Waals surface area contributed by atoms with Gasteiger partial charge in [-0.2, -0.15) is 0 Å². The number of rotatable bonds is 5. The van der Waals surface area contributed by atoms with Crippen LogP contribution in [0.3, 0.4) is 0 Å². The van der Waals surface area contributed by atoms with Crippen LogP contribution in [0.4, 0.5) is 10.5 Å². The summed E-state index contributed by atoms with van der Waals surface area (Å²) < 4.78 is 0. The third kappa shape index (κ3) is 4.98. The Kier molecular flexibility index (Phi) is 5.96. The van der Waals surface area contributed by atoms with Gasteiger partial charge >= 0.3 is 6.03 Å². The van der Waals surface area contributed by atoms with Gasteiger partial charge < -0.3 is 16.0 Å². The van der Waals surface area contributed by atoms with Crippen molar-refractivity contribution < 1.29 is 14.4 Å². The summed E-state index contributed by atoms with van der Waals surface area (Å²) in [6.45, 7) is -0.0912. The second-order valence-corrected chi connectivity index (χ2v) is 5.48. The van der Waals surface area contributed by atoms with E-state index in [9.17, 15) is 14.4 Å². The summed E-state index contributed by atoms with van der Waals surface area (Å²) >= 11 is 0. The molecule has 4 amide bonds. The largest absolute Gasteiger partial charge is 0.375 e. The average Bonchev–Trinajstić information content (AvgIpc) is 3.05. The molecule has 0 aromatic heterocycles. The standard InChI is InChI=1S/C16H22N4O3/c1-17-15(22)12-8-4-5-9-13(12)18-10-14(21)20-16(23)19-11-6-2-3-7-11/h4-5,8-9,11,18H,2-3,6-7,10H2,1H3,(H,17,22)(H2,19,20,21,23). The van der Waals surface area contributed by atoms with Crippen molar-refractivity contribution in [3.05, 3.63) is 29.8 Å². The van der Waals surface area contributed by atoms with E-state index in [1.54, 1.807) is 31.3 Å². The molecule has 0 bridgehead atoms. The normalized spacial score (nSPS) is 14.1. The molecule has 1 saturated carbocycles. The molecule has 4 N–H and O–H groups in total. The van der Waals surface area contributed by atoms with Crippen LogP contribution in [0.5, 0.6) is 0 Å². The fourth-order valence-electron chi connectivity index (χ4n) is 2.61. The Bertz CT molecular complexity index is 582. The van der Waals surface area contributed by atoms with Crippen LogP contribution in [-0.2, 0) is 4.79 Å². The second-order valence-electron chi connectivity index (χ2n) is 5.48. The molecule has 0 unspecified atom stereocenters. The minimum atomic E-state index is -0.469. The summed E-state index contributed by atoms with van der Waals surface area (Å²) in [7, 11) is 1.54. The Morgan fingerprint density at radius 3 is 2.52 bits per heavy atom. The van der Waals surface area contributed by atoms with Crippen molar-refractivity contribution >= 4 is 23.5 Å². The van der Waals surface area contributed by atoms with Gasteiger partial charge in [0.25, 0.3) is 5.91 Å². The number of amides is 4. The molecule has 23 heavy (non-hydrogen) atoms. The lowest BCUT2D eigenvalue weighted by Crippen LogP contribution is -2.45. The van der Waals surface area contributed by atoms with Crippen LogP contribution < -0.4 is 21.3 Å². The molecule has 1 aromatic carbocycles. The molecular formula is C16H22N4O3. The first-order chi connectivity index (χ1) is 11.1. The van der Waals surface area contributed by atoms with Gasteiger partial charge in [0.15, 0.2) is 0 Å². The number of anilines is 1. The summed E-state index contributed by atoms with van der Waals surface area (Å²) in [6, 6.07) is 6.56. The Morgan fingerprint density at radius 1 is 1.13 bits per heavy atom. The van der Waals surface area contributed by atoms with Crippen molar-refractivity contribution in [2.45, 2.75) is 31.7 Å². The van der Waals surface area contributed by atoms with Crippen LogP contribution >= 0.6 is 0 Å². The van der Waals surface area contributed by atoms with E-state index in [0.717, 1.165) is 25.7 Å². The monoisotopic (exact) mass is 318 g/mol. The van der Waals surface area contributed by atoms with Crippen molar-refractivity contribution in [3.63, 3.8) is 0 Å². The molecule has 1 aromatic rings. The van der Waals surface area contributed by atoms with Gasteiger partial charge in [-0.1, -0.05) is 25.0 Å². The first kappa shape index (κ1) is 16.8. The minimum Gasteiger partial charge on any atom is -0.375 e. The SMILES string of the molecule is CNC(=O)c1ccccc1NCC(=O)NC(=O)NC1CCCC1. The molecule has 1 fully saturated rings. The fourth-order valence-corrected chi connectivity index (χ4v) is 2.61. The smallest absolute Gasteiger partial charge is 0.321 e. The molecule has 0 saturated heterocycles. The molecule has 0 spiro atoms. The van der Waals surface area contributed by atoms with Gasteiger partial charge in [-0.15, -0.1) is 0 Å². The van der Waals surface area contributed by atoms with E-state index in [1.807, 2.05) is 0 Å². The highest BCUT2D eigenvalue weighted by Gasteiger charge is 2.18. The van der Waals surface area contributed by atoms with Gasteiger partial charge in [-0.05, 0) is 25.0 Å². The number of hydrogen-bond donors (Lipinski definition) is 4. The number of urea groups is 1. The number of hydrogen-bond acceptors (Lipinski definition) is 4. The van der Waals surface area contributed by atoms with Gasteiger partial charge in [0.2, 0.25) is 5.91 Å². The summed E-state index contributed by atoms with van der Waals surface area (Å²) in [5.41, 5.74) is 0.983. The Balaban J connectivity index is 1.82.